The third-order valence-corrected chi connectivity index (χ3v) is 6.21. The summed E-state index contributed by atoms with van der Waals surface area (Å²) < 4.78 is 57.5. The summed E-state index contributed by atoms with van der Waals surface area (Å²) in [6, 6.07) is 3.92. The van der Waals surface area contributed by atoms with Crippen LogP contribution in [0.15, 0.2) is 35.6 Å². The number of amides is 1. The molecular weight excluding hydrogens is 438 g/mol. The minimum absolute atomic E-state index is 0.00429. The van der Waals surface area contributed by atoms with Gasteiger partial charge in [-0.25, -0.2) is 18.7 Å². The van der Waals surface area contributed by atoms with Crippen LogP contribution in [-0.4, -0.2) is 39.6 Å². The molecule has 164 valence electrons. The number of benzene rings is 1. The number of amidine groups is 1. The Labute approximate surface area is 178 Å². The van der Waals surface area contributed by atoms with Gasteiger partial charge in [0, 0.05) is 29.3 Å². The molecular formula is C19H17F4N5O2S. The number of thioether (sulfide) groups is 1. The van der Waals surface area contributed by atoms with Crippen molar-refractivity contribution in [3.05, 3.63) is 47.7 Å². The van der Waals surface area contributed by atoms with E-state index in [2.05, 4.69) is 25.0 Å². The molecule has 3 unspecified atom stereocenters. The fourth-order valence-electron chi connectivity index (χ4n) is 3.95. The van der Waals surface area contributed by atoms with Crippen molar-refractivity contribution in [1.82, 2.24) is 9.97 Å². The molecule has 7 nitrogen and oxygen atoms in total. The lowest BCUT2D eigenvalue weighted by atomic mass is 9.81. The number of carbonyl (C=O) groups excluding carboxylic acids is 1. The summed E-state index contributed by atoms with van der Waals surface area (Å²) >= 11 is 1.31. The Morgan fingerprint density at radius 2 is 2.13 bits per heavy atom. The molecule has 1 fully saturated rings. The van der Waals surface area contributed by atoms with E-state index in [4.69, 9.17) is 5.73 Å². The van der Waals surface area contributed by atoms with Gasteiger partial charge in [0.2, 0.25) is 5.88 Å². The topological polar surface area (TPSA) is 102 Å². The first kappa shape index (κ1) is 21.3. The zero-order chi connectivity index (χ0) is 22.2. The largest absolute Gasteiger partial charge is 0.415 e. The maximum absolute atomic E-state index is 14.8. The van der Waals surface area contributed by atoms with E-state index in [-0.39, 0.29) is 40.9 Å². The van der Waals surface area contributed by atoms with Crippen molar-refractivity contribution in [3.63, 3.8) is 0 Å². The van der Waals surface area contributed by atoms with Crippen LogP contribution in [0, 0.1) is 11.7 Å². The van der Waals surface area contributed by atoms with Crippen molar-refractivity contribution >= 4 is 28.5 Å². The summed E-state index contributed by atoms with van der Waals surface area (Å²) in [6.45, 7) is -3.07. The van der Waals surface area contributed by atoms with Gasteiger partial charge in [0.25, 0.3) is 5.91 Å². The number of anilines is 1. The first-order valence-electron chi connectivity index (χ1n) is 9.27. The van der Waals surface area contributed by atoms with Gasteiger partial charge in [-0.2, -0.15) is 8.78 Å². The molecule has 1 saturated carbocycles. The molecule has 0 radical (unpaired) electrons. The number of nitrogens with two attached hydrogens (primary N) is 1. The van der Waals surface area contributed by atoms with Crippen molar-refractivity contribution in [2.75, 3.05) is 11.1 Å². The van der Waals surface area contributed by atoms with Crippen LogP contribution in [0.1, 0.15) is 28.9 Å². The maximum atomic E-state index is 14.8. The zero-order valence-corrected chi connectivity index (χ0v) is 16.7. The lowest BCUT2D eigenvalue weighted by molar-refractivity contribution is -0.0531. The van der Waals surface area contributed by atoms with Crippen LogP contribution in [0.25, 0.3) is 0 Å². The molecule has 3 atom stereocenters. The predicted octanol–water partition coefficient (Wildman–Crippen LogP) is 3.47. The smallest absolute Gasteiger partial charge is 0.388 e. The second kappa shape index (κ2) is 8.33. The Morgan fingerprint density at radius 1 is 1.32 bits per heavy atom. The first-order chi connectivity index (χ1) is 14.8. The van der Waals surface area contributed by atoms with Gasteiger partial charge in [-0.15, -0.1) is 0 Å². The molecule has 1 aromatic heterocycles. The first-order valence-corrected chi connectivity index (χ1v) is 10.3. The molecule has 3 N–H and O–H groups in total. The van der Waals surface area contributed by atoms with Gasteiger partial charge < -0.3 is 15.8 Å². The van der Waals surface area contributed by atoms with Crippen molar-refractivity contribution in [1.29, 1.82) is 0 Å². The molecule has 4 rings (SSSR count). The number of ether oxygens (including phenoxy) is 1. The second-order valence-corrected chi connectivity index (χ2v) is 8.23. The summed E-state index contributed by atoms with van der Waals surface area (Å²) in [5, 5.41) is 2.81. The highest BCUT2D eigenvalue weighted by Gasteiger charge is 2.52. The summed E-state index contributed by atoms with van der Waals surface area (Å²) in [6.07, 6.45) is 0.979. The third-order valence-electron chi connectivity index (χ3n) is 5.25. The quantitative estimate of drug-likeness (QED) is 0.670. The Morgan fingerprint density at radius 3 is 2.84 bits per heavy atom. The van der Waals surface area contributed by atoms with Crippen LogP contribution in [-0.2, 0) is 5.54 Å². The number of nitrogens with one attached hydrogen (secondary N) is 1. The SMILES string of the molecule is NC1=NC2(c3cc(NC(=O)c4cnc(OC(F)F)cn4)ccc3F)CC(F)CC2CS1. The Balaban J connectivity index is 1.60. The summed E-state index contributed by atoms with van der Waals surface area (Å²) in [5.74, 6) is -1.41. The summed E-state index contributed by atoms with van der Waals surface area (Å²) in [4.78, 5) is 24.2. The van der Waals surface area contributed by atoms with E-state index >= 15 is 0 Å². The normalized spacial score (nSPS) is 25.1. The van der Waals surface area contributed by atoms with E-state index in [1.165, 1.54) is 30.0 Å². The number of halogens is 4. The van der Waals surface area contributed by atoms with Crippen LogP contribution in [0.5, 0.6) is 5.88 Å². The predicted molar refractivity (Wildman–Crippen MR) is 106 cm³/mol. The molecule has 0 saturated heterocycles. The van der Waals surface area contributed by atoms with Crippen molar-refractivity contribution in [3.8, 4) is 5.88 Å². The van der Waals surface area contributed by atoms with E-state index in [1.807, 2.05) is 0 Å². The van der Waals surface area contributed by atoms with E-state index in [9.17, 15) is 22.4 Å². The fourth-order valence-corrected chi connectivity index (χ4v) is 4.97. The van der Waals surface area contributed by atoms with E-state index < -0.39 is 35.9 Å². The van der Waals surface area contributed by atoms with Crippen LogP contribution in [0.4, 0.5) is 23.2 Å². The lowest BCUT2D eigenvalue weighted by Gasteiger charge is -2.35. The number of rotatable bonds is 5. The summed E-state index contributed by atoms with van der Waals surface area (Å²) in [7, 11) is 0. The number of hydrogen-bond donors (Lipinski definition) is 2. The van der Waals surface area contributed by atoms with Gasteiger partial charge in [0.05, 0.1) is 17.9 Å². The van der Waals surface area contributed by atoms with Gasteiger partial charge in [0.1, 0.15) is 17.7 Å². The van der Waals surface area contributed by atoms with Crippen LogP contribution >= 0.6 is 11.8 Å². The minimum atomic E-state index is -3.07. The van der Waals surface area contributed by atoms with Gasteiger partial charge in [-0.1, -0.05) is 11.8 Å². The van der Waals surface area contributed by atoms with Crippen molar-refractivity contribution < 1.29 is 27.1 Å². The molecule has 1 aliphatic carbocycles. The number of hydrogen-bond acceptors (Lipinski definition) is 7. The average molecular weight is 455 g/mol. The molecule has 12 heteroatoms. The molecule has 0 bridgehead atoms. The van der Waals surface area contributed by atoms with Gasteiger partial charge in [-0.05, 0) is 24.6 Å². The van der Waals surface area contributed by atoms with E-state index in [0.717, 1.165) is 12.4 Å². The fraction of sp³-hybridized carbons (Fsp3) is 0.368. The average Bonchev–Trinajstić information content (AvgIpc) is 3.05. The van der Waals surface area contributed by atoms with E-state index in [1.54, 1.807) is 0 Å². The highest BCUT2D eigenvalue weighted by Crippen LogP contribution is 2.52. The monoisotopic (exact) mass is 455 g/mol. The number of fused-ring (bicyclic) bond motifs is 1. The van der Waals surface area contributed by atoms with Gasteiger partial charge in [0.15, 0.2) is 5.17 Å². The van der Waals surface area contributed by atoms with Crippen LogP contribution in [0.3, 0.4) is 0 Å². The Hall–Kier alpha value is -2.89. The second-order valence-electron chi connectivity index (χ2n) is 7.19. The molecule has 2 aliphatic rings. The number of aliphatic imine (C=N–C) groups is 1. The van der Waals surface area contributed by atoms with Gasteiger partial charge in [-0.3, -0.25) is 9.79 Å². The molecule has 31 heavy (non-hydrogen) atoms. The maximum Gasteiger partial charge on any atom is 0.388 e. The van der Waals surface area contributed by atoms with Gasteiger partial charge >= 0.3 is 6.61 Å². The molecule has 0 spiro atoms. The lowest BCUT2D eigenvalue weighted by Crippen LogP contribution is -2.37. The molecule has 1 amide bonds. The number of aromatic nitrogens is 2. The zero-order valence-electron chi connectivity index (χ0n) is 15.9. The van der Waals surface area contributed by atoms with E-state index in [0.29, 0.717) is 5.75 Å². The Kier molecular flexibility index (Phi) is 5.73. The molecule has 2 aromatic rings. The molecule has 1 aromatic carbocycles. The Bertz CT molecular complexity index is 1020. The summed E-state index contributed by atoms with van der Waals surface area (Å²) in [5.41, 5.74) is 4.97. The van der Waals surface area contributed by atoms with Crippen molar-refractivity contribution in [2.45, 2.75) is 31.2 Å². The molecule has 1 aliphatic heterocycles. The van der Waals surface area contributed by atoms with Crippen LogP contribution in [0.2, 0.25) is 0 Å². The standard InChI is InChI=1S/C19H17F4N5O2S/c20-10-3-9-8-31-18(24)28-19(9,5-10)12-4-11(1-2-13(12)21)27-16(29)14-6-26-15(7-25-14)30-17(22)23/h1-2,4,6-7,9-10,17H,3,5,8H2,(H2,24,28)(H,27,29). The number of carbonyl (C=O) groups is 1. The number of alkyl halides is 3. The van der Waals surface area contributed by atoms with Crippen molar-refractivity contribution in [2.24, 2.45) is 16.6 Å². The molecule has 2 heterocycles. The third kappa shape index (κ3) is 4.29. The van der Waals surface area contributed by atoms with Crippen LogP contribution < -0.4 is 15.8 Å². The highest BCUT2D eigenvalue weighted by atomic mass is 32.2. The minimum Gasteiger partial charge on any atom is -0.415 e. The highest BCUT2D eigenvalue weighted by molar-refractivity contribution is 8.13. The number of nitrogens with zero attached hydrogens (tertiary/aromatic N) is 3.